The van der Waals surface area contributed by atoms with Gasteiger partial charge in [-0.1, -0.05) is 0 Å². The average Bonchev–Trinajstić information content (AvgIpc) is 2.35. The Morgan fingerprint density at radius 3 is 2.84 bits per heavy atom. The Bertz CT molecular complexity index is 578. The molecule has 100 valence electrons. The van der Waals surface area contributed by atoms with E-state index in [1.807, 2.05) is 0 Å². The van der Waals surface area contributed by atoms with Crippen molar-refractivity contribution in [2.24, 2.45) is 0 Å². The van der Waals surface area contributed by atoms with Crippen molar-refractivity contribution in [3.05, 3.63) is 29.0 Å². The molecule has 0 aromatic carbocycles. The summed E-state index contributed by atoms with van der Waals surface area (Å²) in [5.74, 6) is 0.271. The van der Waals surface area contributed by atoms with E-state index in [2.05, 4.69) is 10.3 Å². The van der Waals surface area contributed by atoms with Crippen LogP contribution in [0.2, 0.25) is 0 Å². The third-order valence-corrected chi connectivity index (χ3v) is 3.43. The molecule has 1 aliphatic heterocycles. The normalized spacial score (nSPS) is 22.2. The molecule has 3 nitrogen and oxygen atoms in total. The zero-order chi connectivity index (χ0) is 13.6. The first-order valence-corrected chi connectivity index (χ1v) is 6.05. The molecule has 2 aliphatic rings. The van der Waals surface area contributed by atoms with Crippen molar-refractivity contribution < 1.29 is 18.0 Å². The molecule has 0 bridgehead atoms. The fraction of sp³-hybridized carbons (Fsp3) is 0.385. The Morgan fingerprint density at radius 1 is 1.32 bits per heavy atom. The molecule has 0 radical (unpaired) electrons. The number of carbonyl (C=O) groups excluding carboxylic acids is 1. The smallest absolute Gasteiger partial charge is 0.363 e. The van der Waals surface area contributed by atoms with Crippen molar-refractivity contribution in [3.8, 4) is 0 Å². The molecule has 1 aromatic rings. The molecule has 6 heteroatoms. The highest BCUT2D eigenvalue weighted by molar-refractivity contribution is 6.03. The Kier molecular flexibility index (Phi) is 2.62. The second-order valence-electron chi connectivity index (χ2n) is 4.74. The van der Waals surface area contributed by atoms with Crippen LogP contribution in [0, 0.1) is 0 Å². The second kappa shape index (κ2) is 4.08. The van der Waals surface area contributed by atoms with Crippen molar-refractivity contribution in [1.29, 1.82) is 0 Å². The van der Waals surface area contributed by atoms with Crippen molar-refractivity contribution in [3.63, 3.8) is 0 Å². The number of aromatic nitrogens is 1. The van der Waals surface area contributed by atoms with Crippen molar-refractivity contribution in [2.75, 3.05) is 5.32 Å². The van der Waals surface area contributed by atoms with Crippen LogP contribution in [0.25, 0.3) is 6.08 Å². The monoisotopic (exact) mass is 268 g/mol. The molecular weight excluding hydrogens is 257 g/mol. The molecule has 1 fully saturated rings. The Labute approximate surface area is 107 Å². The molecule has 2 heterocycles. The van der Waals surface area contributed by atoms with E-state index in [1.54, 1.807) is 6.08 Å². The predicted octanol–water partition coefficient (Wildman–Crippen LogP) is 3.03. The summed E-state index contributed by atoms with van der Waals surface area (Å²) in [6.45, 7) is 0. The minimum Gasteiger partial charge on any atom is -0.363 e. The van der Waals surface area contributed by atoms with Crippen LogP contribution in [0.15, 0.2) is 17.7 Å². The number of alkyl halides is 3. The van der Waals surface area contributed by atoms with Crippen LogP contribution in [0.4, 0.5) is 19.0 Å². The first kappa shape index (κ1) is 12.2. The molecule has 3 rings (SSSR count). The number of ketones is 1. The maximum atomic E-state index is 12.6. The summed E-state index contributed by atoms with van der Waals surface area (Å²) in [7, 11) is 0. The number of fused-ring (bicyclic) bond motifs is 2. The maximum Gasteiger partial charge on any atom is 0.433 e. The Balaban J connectivity index is 2.03. The van der Waals surface area contributed by atoms with Crippen LogP contribution in [-0.4, -0.2) is 16.8 Å². The number of rotatable bonds is 0. The zero-order valence-corrected chi connectivity index (χ0v) is 9.92. The van der Waals surface area contributed by atoms with Crippen LogP contribution in [0.5, 0.6) is 0 Å². The maximum absolute atomic E-state index is 12.6. The second-order valence-corrected chi connectivity index (χ2v) is 4.74. The lowest BCUT2D eigenvalue weighted by atomic mass is 9.85. The van der Waals surface area contributed by atoms with Gasteiger partial charge in [0, 0.05) is 17.6 Å². The van der Waals surface area contributed by atoms with Gasteiger partial charge in [-0.25, -0.2) is 4.98 Å². The van der Waals surface area contributed by atoms with E-state index < -0.39 is 11.9 Å². The summed E-state index contributed by atoms with van der Waals surface area (Å²) in [6, 6.07) is 2.08. The van der Waals surface area contributed by atoms with Crippen LogP contribution >= 0.6 is 0 Å². The number of Topliss-reactive ketones (excluding diaryl/α,β-unsaturated/α-hetero) is 1. The van der Waals surface area contributed by atoms with Gasteiger partial charge in [-0.3, -0.25) is 4.79 Å². The van der Waals surface area contributed by atoms with Gasteiger partial charge in [-0.05, 0) is 31.1 Å². The summed E-state index contributed by atoms with van der Waals surface area (Å²) in [4.78, 5) is 15.4. The Morgan fingerprint density at radius 2 is 2.11 bits per heavy atom. The largest absolute Gasteiger partial charge is 0.433 e. The summed E-state index contributed by atoms with van der Waals surface area (Å²) in [5.41, 5.74) is 0.271. The van der Waals surface area contributed by atoms with E-state index in [1.165, 1.54) is 6.07 Å². The highest BCUT2D eigenvalue weighted by Gasteiger charge is 2.35. The predicted molar refractivity (Wildman–Crippen MR) is 63.5 cm³/mol. The van der Waals surface area contributed by atoms with Crippen molar-refractivity contribution in [2.45, 2.75) is 31.5 Å². The molecule has 1 saturated carbocycles. The van der Waals surface area contributed by atoms with Gasteiger partial charge < -0.3 is 5.32 Å². The SMILES string of the molecule is O=C1CCCC2Nc3nc(C(F)(F)F)ccc3C=C12. The first-order valence-electron chi connectivity index (χ1n) is 6.05. The first-order chi connectivity index (χ1) is 8.95. The lowest BCUT2D eigenvalue weighted by Gasteiger charge is -2.30. The van der Waals surface area contributed by atoms with Crippen LogP contribution in [0.3, 0.4) is 0 Å². The third-order valence-electron chi connectivity index (χ3n) is 3.43. The quantitative estimate of drug-likeness (QED) is 0.786. The van der Waals surface area contributed by atoms with Gasteiger partial charge in [0.1, 0.15) is 11.5 Å². The van der Waals surface area contributed by atoms with E-state index in [9.17, 15) is 18.0 Å². The molecule has 1 unspecified atom stereocenters. The number of carbonyl (C=O) groups is 1. The number of halogens is 3. The number of hydrogen-bond donors (Lipinski definition) is 1. The highest BCUT2D eigenvalue weighted by atomic mass is 19.4. The molecule has 19 heavy (non-hydrogen) atoms. The van der Waals surface area contributed by atoms with E-state index >= 15 is 0 Å². The minimum atomic E-state index is -4.46. The lowest BCUT2D eigenvalue weighted by molar-refractivity contribution is -0.141. The highest BCUT2D eigenvalue weighted by Crippen LogP contribution is 2.35. The van der Waals surface area contributed by atoms with Crippen LogP contribution in [-0.2, 0) is 11.0 Å². The standard InChI is InChI=1S/C13H11F3N2O/c14-13(15,16)11-5-4-7-6-8-9(17-12(7)18-11)2-1-3-10(8)19/h4-6,9H,1-3H2,(H,17,18). The summed E-state index contributed by atoms with van der Waals surface area (Å²) >= 11 is 0. The fourth-order valence-corrected chi connectivity index (χ4v) is 2.48. The average molecular weight is 268 g/mol. The molecule has 1 N–H and O–H groups in total. The van der Waals surface area contributed by atoms with Crippen molar-refractivity contribution in [1.82, 2.24) is 4.98 Å². The third kappa shape index (κ3) is 2.11. The molecule has 0 spiro atoms. The number of pyridine rings is 1. The van der Waals surface area contributed by atoms with E-state index in [-0.39, 0.29) is 17.6 Å². The molecular formula is C13H11F3N2O. The lowest BCUT2D eigenvalue weighted by Crippen LogP contribution is -2.33. The minimum absolute atomic E-state index is 0.0642. The Hall–Kier alpha value is -1.85. The summed E-state index contributed by atoms with van der Waals surface area (Å²) in [5, 5.41) is 2.94. The fourth-order valence-electron chi connectivity index (χ4n) is 2.48. The van der Waals surface area contributed by atoms with Crippen LogP contribution in [0.1, 0.15) is 30.5 Å². The summed E-state index contributed by atoms with van der Waals surface area (Å²) in [6.07, 6.45) is -0.793. The number of nitrogens with zero attached hydrogens (tertiary/aromatic N) is 1. The van der Waals surface area contributed by atoms with E-state index in [0.29, 0.717) is 17.6 Å². The molecule has 0 saturated heterocycles. The van der Waals surface area contributed by atoms with Gasteiger partial charge in [0.15, 0.2) is 5.78 Å². The van der Waals surface area contributed by atoms with Crippen molar-refractivity contribution >= 4 is 17.7 Å². The number of nitrogens with one attached hydrogen (secondary N) is 1. The van der Waals surface area contributed by atoms with E-state index in [0.717, 1.165) is 18.9 Å². The number of anilines is 1. The van der Waals surface area contributed by atoms with E-state index in [4.69, 9.17) is 0 Å². The molecule has 1 atom stereocenters. The van der Waals surface area contributed by atoms with Gasteiger partial charge >= 0.3 is 6.18 Å². The molecule has 0 amide bonds. The van der Waals surface area contributed by atoms with Gasteiger partial charge in [0.05, 0.1) is 6.04 Å². The van der Waals surface area contributed by atoms with Gasteiger partial charge in [0.25, 0.3) is 0 Å². The summed E-state index contributed by atoms with van der Waals surface area (Å²) < 4.78 is 37.8. The zero-order valence-electron chi connectivity index (χ0n) is 9.92. The van der Waals surface area contributed by atoms with Gasteiger partial charge in [-0.2, -0.15) is 13.2 Å². The molecule has 1 aliphatic carbocycles. The van der Waals surface area contributed by atoms with Gasteiger partial charge in [-0.15, -0.1) is 0 Å². The number of hydrogen-bond acceptors (Lipinski definition) is 3. The molecule has 1 aromatic heterocycles. The topological polar surface area (TPSA) is 42.0 Å². The van der Waals surface area contributed by atoms with Gasteiger partial charge in [0.2, 0.25) is 0 Å². The van der Waals surface area contributed by atoms with Crippen LogP contribution < -0.4 is 5.32 Å².